The number of hydrogen-bond acceptors (Lipinski definition) is 1. The molecule has 1 aromatic heterocycles. The lowest BCUT2D eigenvalue weighted by atomic mass is 10.0. The molecule has 92 valence electrons. The summed E-state index contributed by atoms with van der Waals surface area (Å²) in [6, 6.07) is 12.7. The van der Waals surface area contributed by atoms with Crippen LogP contribution >= 0.6 is 0 Å². The van der Waals surface area contributed by atoms with E-state index < -0.39 is 0 Å². The molecule has 1 N–H and O–H groups in total. The van der Waals surface area contributed by atoms with Gasteiger partial charge in [-0.15, -0.1) is 0 Å². The summed E-state index contributed by atoms with van der Waals surface area (Å²) in [5, 5.41) is 8.95. The Morgan fingerprint density at radius 2 is 1.89 bits per heavy atom. The number of nitrogens with one attached hydrogen (secondary N) is 1. The number of nitriles is 1. The molecule has 0 saturated heterocycles. The average molecular weight is 238 g/mol. The highest BCUT2D eigenvalue weighted by Crippen LogP contribution is 2.22. The highest BCUT2D eigenvalue weighted by molar-refractivity contribution is 5.63. The molecule has 2 aromatic rings. The number of aromatic nitrogens is 1. The molecule has 0 aliphatic carbocycles. The quantitative estimate of drug-likeness (QED) is 0.860. The largest absolute Gasteiger partial charge is 0.358 e. The van der Waals surface area contributed by atoms with Gasteiger partial charge in [0, 0.05) is 11.4 Å². The normalized spacial score (nSPS) is 10.6. The van der Waals surface area contributed by atoms with Gasteiger partial charge in [0.05, 0.1) is 5.56 Å². The predicted molar refractivity (Wildman–Crippen MR) is 74.2 cm³/mol. The van der Waals surface area contributed by atoms with Crippen molar-refractivity contribution in [3.05, 3.63) is 47.2 Å². The first kappa shape index (κ1) is 12.4. The second-order valence-corrected chi connectivity index (χ2v) is 5.13. The lowest BCUT2D eigenvalue weighted by Gasteiger charge is -2.05. The molecule has 1 aromatic carbocycles. The van der Waals surface area contributed by atoms with Crippen LogP contribution in [-0.4, -0.2) is 4.98 Å². The Morgan fingerprint density at radius 1 is 1.22 bits per heavy atom. The summed E-state index contributed by atoms with van der Waals surface area (Å²) in [5.74, 6) is 0.675. The van der Waals surface area contributed by atoms with Gasteiger partial charge >= 0.3 is 0 Å². The summed E-state index contributed by atoms with van der Waals surface area (Å²) in [6.45, 7) is 6.37. The standard InChI is InChI=1S/C16H18N2/c1-11(2)8-13-4-6-14(7-5-13)16-9-15(10-17)12(3)18-16/h4-7,9,11,18H,8H2,1-3H3. The minimum Gasteiger partial charge on any atom is -0.358 e. The fourth-order valence-corrected chi connectivity index (χ4v) is 2.12. The van der Waals surface area contributed by atoms with Gasteiger partial charge < -0.3 is 4.98 Å². The maximum atomic E-state index is 8.95. The van der Waals surface area contributed by atoms with Gasteiger partial charge in [-0.1, -0.05) is 38.1 Å². The minimum absolute atomic E-state index is 0.675. The van der Waals surface area contributed by atoms with Crippen molar-refractivity contribution in [2.45, 2.75) is 27.2 Å². The molecule has 1 heterocycles. The van der Waals surface area contributed by atoms with E-state index in [0.717, 1.165) is 28.9 Å². The Kier molecular flexibility index (Phi) is 3.53. The Balaban J connectivity index is 2.26. The van der Waals surface area contributed by atoms with Crippen molar-refractivity contribution < 1.29 is 0 Å². The lowest BCUT2D eigenvalue weighted by Crippen LogP contribution is -1.93. The molecule has 0 aliphatic heterocycles. The van der Waals surface area contributed by atoms with E-state index in [9.17, 15) is 0 Å². The molecule has 0 saturated carbocycles. The third-order valence-electron chi connectivity index (χ3n) is 3.04. The van der Waals surface area contributed by atoms with Gasteiger partial charge in [-0.3, -0.25) is 0 Å². The van der Waals surface area contributed by atoms with Gasteiger partial charge in [-0.2, -0.15) is 5.26 Å². The molecule has 0 atom stereocenters. The average Bonchev–Trinajstić information content (AvgIpc) is 2.71. The number of nitrogens with zero attached hydrogens (tertiary/aromatic N) is 1. The molecule has 0 radical (unpaired) electrons. The SMILES string of the molecule is Cc1[nH]c(-c2ccc(CC(C)C)cc2)cc1C#N. The van der Waals surface area contributed by atoms with Crippen LogP contribution in [0.3, 0.4) is 0 Å². The number of H-pyrrole nitrogens is 1. The van der Waals surface area contributed by atoms with Crippen molar-refractivity contribution in [3.8, 4) is 17.3 Å². The molecule has 2 heteroatoms. The van der Waals surface area contributed by atoms with Crippen molar-refractivity contribution in [2.75, 3.05) is 0 Å². The zero-order valence-corrected chi connectivity index (χ0v) is 11.1. The van der Waals surface area contributed by atoms with Gasteiger partial charge in [0.25, 0.3) is 0 Å². The van der Waals surface area contributed by atoms with E-state index in [1.165, 1.54) is 5.56 Å². The minimum atomic E-state index is 0.675. The lowest BCUT2D eigenvalue weighted by molar-refractivity contribution is 0.647. The van der Waals surface area contributed by atoms with Crippen molar-refractivity contribution in [1.29, 1.82) is 5.26 Å². The van der Waals surface area contributed by atoms with E-state index in [0.29, 0.717) is 5.92 Å². The van der Waals surface area contributed by atoms with E-state index in [-0.39, 0.29) is 0 Å². The van der Waals surface area contributed by atoms with Crippen molar-refractivity contribution in [3.63, 3.8) is 0 Å². The van der Waals surface area contributed by atoms with Gasteiger partial charge in [0.1, 0.15) is 6.07 Å². The molecule has 0 aliphatic rings. The van der Waals surface area contributed by atoms with Crippen LogP contribution in [-0.2, 0) is 6.42 Å². The number of aryl methyl sites for hydroxylation is 1. The number of hydrogen-bond donors (Lipinski definition) is 1. The number of benzene rings is 1. The highest BCUT2D eigenvalue weighted by Gasteiger charge is 2.06. The van der Waals surface area contributed by atoms with Gasteiger partial charge in [-0.25, -0.2) is 0 Å². The van der Waals surface area contributed by atoms with Gasteiger partial charge in [0.15, 0.2) is 0 Å². The third kappa shape index (κ3) is 2.62. The zero-order valence-electron chi connectivity index (χ0n) is 11.1. The molecular weight excluding hydrogens is 220 g/mol. The molecule has 2 rings (SSSR count). The summed E-state index contributed by atoms with van der Waals surface area (Å²) in [6.07, 6.45) is 1.10. The van der Waals surface area contributed by atoms with Crippen molar-refractivity contribution in [1.82, 2.24) is 4.98 Å². The summed E-state index contributed by atoms with van der Waals surface area (Å²) in [4.78, 5) is 3.25. The molecule has 0 unspecified atom stereocenters. The smallest absolute Gasteiger partial charge is 0.101 e. The molecule has 0 fully saturated rings. The summed E-state index contributed by atoms with van der Waals surface area (Å²) < 4.78 is 0. The summed E-state index contributed by atoms with van der Waals surface area (Å²) in [5.41, 5.74) is 5.15. The van der Waals surface area contributed by atoms with E-state index in [4.69, 9.17) is 5.26 Å². The maximum Gasteiger partial charge on any atom is 0.101 e. The predicted octanol–water partition coefficient (Wildman–Crippen LogP) is 4.06. The van der Waals surface area contributed by atoms with Crippen LogP contribution in [0.2, 0.25) is 0 Å². The molecular formula is C16H18N2. The first-order valence-corrected chi connectivity index (χ1v) is 6.29. The van der Waals surface area contributed by atoms with Crippen molar-refractivity contribution in [2.24, 2.45) is 5.92 Å². The molecule has 0 bridgehead atoms. The van der Waals surface area contributed by atoms with Crippen LogP contribution in [0.4, 0.5) is 0 Å². The van der Waals surface area contributed by atoms with Crippen LogP contribution in [0.5, 0.6) is 0 Å². The Bertz CT molecular complexity index is 568. The first-order chi connectivity index (χ1) is 8.60. The highest BCUT2D eigenvalue weighted by atomic mass is 14.7. The second kappa shape index (κ2) is 5.10. The van der Waals surface area contributed by atoms with Crippen LogP contribution < -0.4 is 0 Å². The van der Waals surface area contributed by atoms with Crippen LogP contribution in [0.15, 0.2) is 30.3 Å². The fourth-order valence-electron chi connectivity index (χ4n) is 2.12. The van der Waals surface area contributed by atoms with E-state index in [1.807, 2.05) is 13.0 Å². The maximum absolute atomic E-state index is 8.95. The molecule has 0 spiro atoms. The van der Waals surface area contributed by atoms with Crippen molar-refractivity contribution >= 4 is 0 Å². The van der Waals surface area contributed by atoms with Crippen LogP contribution in [0, 0.1) is 24.2 Å². The summed E-state index contributed by atoms with van der Waals surface area (Å²) >= 11 is 0. The van der Waals surface area contributed by atoms with E-state index in [1.54, 1.807) is 0 Å². The Morgan fingerprint density at radius 3 is 2.39 bits per heavy atom. The molecule has 18 heavy (non-hydrogen) atoms. The fraction of sp³-hybridized carbons (Fsp3) is 0.312. The third-order valence-corrected chi connectivity index (χ3v) is 3.04. The number of rotatable bonds is 3. The van der Waals surface area contributed by atoms with Crippen LogP contribution in [0.1, 0.15) is 30.7 Å². The first-order valence-electron chi connectivity index (χ1n) is 6.29. The Labute approximate surface area is 108 Å². The van der Waals surface area contributed by atoms with Gasteiger partial charge in [0.2, 0.25) is 0 Å². The number of aromatic amines is 1. The zero-order chi connectivity index (χ0) is 13.1. The monoisotopic (exact) mass is 238 g/mol. The second-order valence-electron chi connectivity index (χ2n) is 5.13. The summed E-state index contributed by atoms with van der Waals surface area (Å²) in [7, 11) is 0. The van der Waals surface area contributed by atoms with E-state index >= 15 is 0 Å². The van der Waals surface area contributed by atoms with Crippen LogP contribution in [0.25, 0.3) is 11.3 Å². The Hall–Kier alpha value is -2.01. The van der Waals surface area contributed by atoms with Gasteiger partial charge in [-0.05, 0) is 36.5 Å². The molecule has 0 amide bonds. The molecule has 2 nitrogen and oxygen atoms in total. The topological polar surface area (TPSA) is 39.6 Å². The van der Waals surface area contributed by atoms with E-state index in [2.05, 4.69) is 49.2 Å².